The Morgan fingerprint density at radius 3 is 2.87 bits per heavy atom. The van der Waals surface area contributed by atoms with Crippen molar-refractivity contribution in [1.29, 1.82) is 0 Å². The molecule has 1 unspecified atom stereocenters. The number of hydrogen-bond donors (Lipinski definition) is 0. The Hall–Kier alpha value is 0.170. The molecule has 3 nitrogen and oxygen atoms in total. The first kappa shape index (κ1) is 11.6. The number of rotatable bonds is 6. The monoisotopic (exact) mass is 234 g/mol. The Morgan fingerprint density at radius 1 is 1.27 bits per heavy atom. The topological polar surface area (TPSA) is 31.0 Å². The highest BCUT2D eigenvalue weighted by molar-refractivity contribution is 6.18. The number of ether oxygens (including phenoxy) is 3. The predicted octanol–water partition coefficient (Wildman–Crippen LogP) is 2.32. The van der Waals surface area contributed by atoms with E-state index in [2.05, 4.69) is 0 Å². The zero-order valence-electron chi connectivity index (χ0n) is 8.99. The summed E-state index contributed by atoms with van der Waals surface area (Å²) in [5, 5.41) is 0. The molecule has 2 rings (SSSR count). The van der Waals surface area contributed by atoms with Crippen molar-refractivity contribution in [2.45, 2.75) is 50.6 Å². The van der Waals surface area contributed by atoms with E-state index in [1.54, 1.807) is 0 Å². The van der Waals surface area contributed by atoms with Gasteiger partial charge in [-0.15, -0.1) is 11.6 Å². The summed E-state index contributed by atoms with van der Waals surface area (Å²) in [4.78, 5) is 0. The second-order valence-corrected chi connectivity index (χ2v) is 4.49. The standard InChI is InChI=1S/C11H19ClO3/c12-8-10-9(15-10)4-3-7-14-11-5-1-2-6-13-11/h9-11H,1-8H2/t9-,10+,11?/m1/s1. The maximum absolute atomic E-state index is 5.65. The molecule has 2 aliphatic heterocycles. The van der Waals surface area contributed by atoms with Gasteiger partial charge in [0.1, 0.15) is 0 Å². The number of epoxide rings is 1. The van der Waals surface area contributed by atoms with Gasteiger partial charge in [-0.2, -0.15) is 0 Å². The Morgan fingerprint density at radius 2 is 2.20 bits per heavy atom. The van der Waals surface area contributed by atoms with Crippen molar-refractivity contribution in [3.05, 3.63) is 0 Å². The minimum Gasteiger partial charge on any atom is -0.368 e. The third kappa shape index (κ3) is 3.91. The highest BCUT2D eigenvalue weighted by Crippen LogP contribution is 2.27. The van der Waals surface area contributed by atoms with Crippen LogP contribution in [0.4, 0.5) is 0 Å². The van der Waals surface area contributed by atoms with Crippen molar-refractivity contribution < 1.29 is 14.2 Å². The van der Waals surface area contributed by atoms with Gasteiger partial charge in [-0.25, -0.2) is 0 Å². The summed E-state index contributed by atoms with van der Waals surface area (Å²) in [6.07, 6.45) is 6.28. The third-order valence-corrected chi connectivity index (χ3v) is 3.22. The molecule has 0 aromatic heterocycles. The molecule has 2 aliphatic rings. The van der Waals surface area contributed by atoms with Crippen molar-refractivity contribution in [1.82, 2.24) is 0 Å². The number of alkyl halides is 1. The summed E-state index contributed by atoms with van der Waals surface area (Å²) >= 11 is 5.65. The molecule has 0 spiro atoms. The largest absolute Gasteiger partial charge is 0.368 e. The Labute approximate surface area is 96.0 Å². The summed E-state index contributed by atoms with van der Waals surface area (Å²) < 4.78 is 16.4. The van der Waals surface area contributed by atoms with E-state index in [-0.39, 0.29) is 6.29 Å². The van der Waals surface area contributed by atoms with Gasteiger partial charge < -0.3 is 14.2 Å². The number of halogens is 1. The van der Waals surface area contributed by atoms with Crippen molar-refractivity contribution in [2.75, 3.05) is 19.1 Å². The Bertz CT molecular complexity index is 183. The van der Waals surface area contributed by atoms with Gasteiger partial charge in [0.25, 0.3) is 0 Å². The van der Waals surface area contributed by atoms with Crippen LogP contribution < -0.4 is 0 Å². The maximum atomic E-state index is 5.65. The predicted molar refractivity (Wildman–Crippen MR) is 58.2 cm³/mol. The lowest BCUT2D eigenvalue weighted by Crippen LogP contribution is -2.22. The van der Waals surface area contributed by atoms with Crippen LogP contribution in [0.5, 0.6) is 0 Å². The van der Waals surface area contributed by atoms with E-state index < -0.39 is 0 Å². The van der Waals surface area contributed by atoms with E-state index in [0.29, 0.717) is 18.1 Å². The maximum Gasteiger partial charge on any atom is 0.157 e. The molecule has 0 radical (unpaired) electrons. The lowest BCUT2D eigenvalue weighted by Gasteiger charge is -2.22. The van der Waals surface area contributed by atoms with Crippen molar-refractivity contribution >= 4 is 11.6 Å². The van der Waals surface area contributed by atoms with Crippen molar-refractivity contribution in [3.8, 4) is 0 Å². The summed E-state index contributed by atoms with van der Waals surface area (Å²) in [6.45, 7) is 1.63. The molecule has 0 N–H and O–H groups in total. The molecule has 3 atom stereocenters. The smallest absolute Gasteiger partial charge is 0.157 e. The average Bonchev–Trinajstić information content (AvgIpc) is 3.05. The molecule has 0 aliphatic carbocycles. The molecule has 2 saturated heterocycles. The first-order chi connectivity index (χ1) is 7.40. The van der Waals surface area contributed by atoms with Crippen LogP contribution in [-0.2, 0) is 14.2 Å². The van der Waals surface area contributed by atoms with Crippen LogP contribution in [0.3, 0.4) is 0 Å². The van der Waals surface area contributed by atoms with Gasteiger partial charge in [0.05, 0.1) is 18.1 Å². The number of hydrogen-bond acceptors (Lipinski definition) is 3. The van der Waals surface area contributed by atoms with E-state index >= 15 is 0 Å². The van der Waals surface area contributed by atoms with E-state index in [0.717, 1.165) is 32.5 Å². The van der Waals surface area contributed by atoms with Gasteiger partial charge in [0, 0.05) is 13.2 Å². The van der Waals surface area contributed by atoms with Gasteiger partial charge in [0.15, 0.2) is 6.29 Å². The fraction of sp³-hybridized carbons (Fsp3) is 1.00. The molecule has 2 fully saturated rings. The summed E-state index contributed by atoms with van der Waals surface area (Å²) in [7, 11) is 0. The van der Waals surface area contributed by atoms with E-state index in [1.807, 2.05) is 0 Å². The fourth-order valence-corrected chi connectivity index (χ4v) is 2.18. The molecule has 4 heteroatoms. The molecule has 2 heterocycles. The van der Waals surface area contributed by atoms with Crippen LogP contribution in [0.2, 0.25) is 0 Å². The van der Waals surface area contributed by atoms with Crippen LogP contribution in [0.1, 0.15) is 32.1 Å². The molecule has 0 amide bonds. The lowest BCUT2D eigenvalue weighted by molar-refractivity contribution is -0.162. The van der Waals surface area contributed by atoms with Gasteiger partial charge in [-0.3, -0.25) is 0 Å². The molecular formula is C11H19ClO3. The van der Waals surface area contributed by atoms with E-state index in [1.165, 1.54) is 12.8 Å². The first-order valence-electron chi connectivity index (χ1n) is 5.85. The minimum absolute atomic E-state index is 0.0442. The molecule has 0 bridgehead atoms. The summed E-state index contributed by atoms with van der Waals surface area (Å²) in [5.74, 6) is 0.622. The molecule has 0 aromatic carbocycles. The van der Waals surface area contributed by atoms with Crippen LogP contribution >= 0.6 is 11.6 Å². The average molecular weight is 235 g/mol. The summed E-state index contributed by atoms with van der Waals surface area (Å²) in [6, 6.07) is 0. The van der Waals surface area contributed by atoms with Gasteiger partial charge >= 0.3 is 0 Å². The van der Waals surface area contributed by atoms with Crippen LogP contribution in [-0.4, -0.2) is 37.6 Å². The Kier molecular flexibility index (Phi) is 4.69. The van der Waals surface area contributed by atoms with E-state index in [4.69, 9.17) is 25.8 Å². The molecule has 0 saturated carbocycles. The van der Waals surface area contributed by atoms with Gasteiger partial charge in [-0.1, -0.05) is 0 Å². The zero-order valence-corrected chi connectivity index (χ0v) is 9.75. The highest BCUT2D eigenvalue weighted by atomic mass is 35.5. The third-order valence-electron chi connectivity index (χ3n) is 2.91. The Balaban J connectivity index is 1.45. The molecule has 15 heavy (non-hydrogen) atoms. The summed E-state index contributed by atoms with van der Waals surface area (Å²) in [5.41, 5.74) is 0. The second-order valence-electron chi connectivity index (χ2n) is 4.18. The van der Waals surface area contributed by atoms with E-state index in [9.17, 15) is 0 Å². The fourth-order valence-electron chi connectivity index (χ4n) is 1.91. The molecule has 88 valence electrons. The van der Waals surface area contributed by atoms with Crippen molar-refractivity contribution in [2.24, 2.45) is 0 Å². The van der Waals surface area contributed by atoms with Crippen LogP contribution in [0, 0.1) is 0 Å². The van der Waals surface area contributed by atoms with Crippen LogP contribution in [0.25, 0.3) is 0 Å². The highest BCUT2D eigenvalue weighted by Gasteiger charge is 2.36. The second kappa shape index (κ2) is 6.04. The lowest BCUT2D eigenvalue weighted by atomic mass is 10.2. The zero-order chi connectivity index (χ0) is 10.5. The van der Waals surface area contributed by atoms with Gasteiger partial charge in [-0.05, 0) is 32.1 Å². The van der Waals surface area contributed by atoms with Crippen LogP contribution in [0.15, 0.2) is 0 Å². The molecular weight excluding hydrogens is 216 g/mol. The molecule has 0 aromatic rings. The van der Waals surface area contributed by atoms with Gasteiger partial charge in [0.2, 0.25) is 0 Å². The van der Waals surface area contributed by atoms with Crippen molar-refractivity contribution in [3.63, 3.8) is 0 Å². The first-order valence-corrected chi connectivity index (χ1v) is 6.38. The minimum atomic E-state index is 0.0442. The SMILES string of the molecule is ClC[C@@H]1O[C@@H]1CCCOC1CCCCO1. The quantitative estimate of drug-likeness (QED) is 0.402. The normalized spacial score (nSPS) is 35.4.